The first-order chi connectivity index (χ1) is 12.6. The number of hydrogen-bond acceptors (Lipinski definition) is 6. The number of pyridine rings is 1. The van der Waals surface area contributed by atoms with Crippen LogP contribution in [0.2, 0.25) is 0 Å². The molecule has 1 aromatic carbocycles. The Balaban J connectivity index is 2.16. The minimum Gasteiger partial charge on any atom is -0.462 e. The highest BCUT2D eigenvalue weighted by Crippen LogP contribution is 2.27. The van der Waals surface area contributed by atoms with Crippen molar-refractivity contribution in [3.63, 3.8) is 0 Å². The molecule has 0 N–H and O–H groups in total. The van der Waals surface area contributed by atoms with Crippen LogP contribution in [0.1, 0.15) is 17.3 Å². The lowest BCUT2D eigenvalue weighted by Gasteiger charge is -2.12. The summed E-state index contributed by atoms with van der Waals surface area (Å²) in [5.41, 5.74) is 1.46. The number of hydrogen-bond donors (Lipinski definition) is 0. The smallest absolute Gasteiger partial charge is 0.343 e. The second-order valence-corrected chi connectivity index (χ2v) is 5.68. The van der Waals surface area contributed by atoms with Gasteiger partial charge in [-0.3, -0.25) is 9.36 Å². The van der Waals surface area contributed by atoms with Crippen LogP contribution >= 0.6 is 0 Å². The van der Waals surface area contributed by atoms with Gasteiger partial charge in [0.1, 0.15) is 17.5 Å². The van der Waals surface area contributed by atoms with Crippen molar-refractivity contribution in [3.8, 4) is 11.3 Å². The van der Waals surface area contributed by atoms with E-state index in [1.54, 1.807) is 14.0 Å². The van der Waals surface area contributed by atoms with Gasteiger partial charge in [0, 0.05) is 18.0 Å². The molecule has 0 radical (unpaired) electrons. The third kappa shape index (κ3) is 2.34. The lowest BCUT2D eigenvalue weighted by Crippen LogP contribution is -2.27. The van der Waals surface area contributed by atoms with Gasteiger partial charge in [0.25, 0.3) is 11.3 Å². The lowest BCUT2D eigenvalue weighted by atomic mass is 10.1. The topological polar surface area (TPSA) is 91.4 Å². The Morgan fingerprint density at radius 2 is 2.00 bits per heavy atom. The summed E-state index contributed by atoms with van der Waals surface area (Å²) < 4.78 is 7.88. The van der Waals surface area contributed by atoms with Gasteiger partial charge in [0.05, 0.1) is 12.3 Å². The SMILES string of the molecule is CCOC(=O)c1cc2c(-c3ccccc3)nc3ncnn3c2n(C)c1=O. The molecule has 0 unspecified atom stereocenters. The van der Waals surface area contributed by atoms with Crippen molar-refractivity contribution in [2.24, 2.45) is 7.05 Å². The number of benzene rings is 1. The zero-order valence-electron chi connectivity index (χ0n) is 14.2. The number of nitrogens with zero attached hydrogens (tertiary/aromatic N) is 5. The van der Waals surface area contributed by atoms with Crippen LogP contribution in [-0.2, 0) is 11.8 Å². The summed E-state index contributed by atoms with van der Waals surface area (Å²) in [7, 11) is 1.59. The fourth-order valence-corrected chi connectivity index (χ4v) is 2.95. The Morgan fingerprint density at radius 3 is 2.73 bits per heavy atom. The first-order valence-electron chi connectivity index (χ1n) is 8.08. The van der Waals surface area contributed by atoms with Gasteiger partial charge in [0.15, 0.2) is 0 Å². The van der Waals surface area contributed by atoms with Gasteiger partial charge >= 0.3 is 5.97 Å². The summed E-state index contributed by atoms with van der Waals surface area (Å²) in [5, 5.41) is 4.77. The predicted molar refractivity (Wildman–Crippen MR) is 94.9 cm³/mol. The highest BCUT2D eigenvalue weighted by atomic mass is 16.5. The minimum atomic E-state index is -0.660. The van der Waals surface area contributed by atoms with Gasteiger partial charge in [-0.1, -0.05) is 30.3 Å². The van der Waals surface area contributed by atoms with E-state index in [0.29, 0.717) is 22.5 Å². The van der Waals surface area contributed by atoms with E-state index < -0.39 is 11.5 Å². The maximum absolute atomic E-state index is 12.7. The highest BCUT2D eigenvalue weighted by Gasteiger charge is 2.20. The van der Waals surface area contributed by atoms with Gasteiger partial charge in [-0.05, 0) is 13.0 Å². The van der Waals surface area contributed by atoms with Crippen LogP contribution in [0, 0.1) is 0 Å². The van der Waals surface area contributed by atoms with Gasteiger partial charge in [-0.15, -0.1) is 0 Å². The van der Waals surface area contributed by atoms with Gasteiger partial charge in [0.2, 0.25) is 0 Å². The third-order valence-electron chi connectivity index (χ3n) is 4.12. The molecule has 4 aromatic rings. The summed E-state index contributed by atoms with van der Waals surface area (Å²) in [5.74, 6) is -0.289. The maximum atomic E-state index is 12.7. The van der Waals surface area contributed by atoms with Crippen molar-refractivity contribution in [2.75, 3.05) is 6.61 Å². The molecule has 0 amide bonds. The van der Waals surface area contributed by atoms with E-state index in [4.69, 9.17) is 4.74 Å². The minimum absolute atomic E-state index is 0.0414. The summed E-state index contributed by atoms with van der Waals surface area (Å²) in [6.07, 6.45) is 1.38. The van der Waals surface area contributed by atoms with Crippen molar-refractivity contribution in [2.45, 2.75) is 6.92 Å². The summed E-state index contributed by atoms with van der Waals surface area (Å²) in [6, 6.07) is 11.0. The van der Waals surface area contributed by atoms with E-state index in [9.17, 15) is 9.59 Å². The van der Waals surface area contributed by atoms with Crippen LogP contribution in [0.25, 0.3) is 28.1 Å². The third-order valence-corrected chi connectivity index (χ3v) is 4.12. The molecule has 0 aliphatic rings. The molecular weight excluding hydrogens is 334 g/mol. The van der Waals surface area contributed by atoms with E-state index in [-0.39, 0.29) is 12.2 Å². The quantitative estimate of drug-likeness (QED) is 0.524. The van der Waals surface area contributed by atoms with E-state index in [2.05, 4.69) is 15.1 Å². The molecule has 8 nitrogen and oxygen atoms in total. The van der Waals surface area contributed by atoms with E-state index in [0.717, 1.165) is 5.56 Å². The summed E-state index contributed by atoms with van der Waals surface area (Å²) >= 11 is 0. The van der Waals surface area contributed by atoms with Crippen molar-refractivity contribution in [1.82, 2.24) is 24.1 Å². The van der Waals surface area contributed by atoms with Crippen LogP contribution in [0.5, 0.6) is 0 Å². The standard InChI is InChI=1S/C18H15N5O3/c1-3-26-17(25)13-9-12-14(11-7-5-4-6-8-11)21-18-19-10-20-23(18)15(12)22(2)16(13)24/h4-10H,3H2,1-2H3. The number of carbonyl (C=O) groups excluding carboxylic acids is 1. The normalized spacial score (nSPS) is 11.2. The first kappa shape index (κ1) is 15.9. The molecule has 0 aliphatic heterocycles. The fourth-order valence-electron chi connectivity index (χ4n) is 2.95. The summed E-state index contributed by atoms with van der Waals surface area (Å²) in [6.45, 7) is 1.88. The maximum Gasteiger partial charge on any atom is 0.343 e. The second kappa shape index (κ2) is 6.07. The molecule has 26 heavy (non-hydrogen) atoms. The molecule has 4 rings (SSSR count). The Bertz CT molecular complexity index is 1190. The van der Waals surface area contributed by atoms with E-state index in [1.165, 1.54) is 21.5 Å². The molecule has 0 saturated carbocycles. The Labute approximate surface area is 147 Å². The lowest BCUT2D eigenvalue weighted by molar-refractivity contribution is 0.0524. The largest absolute Gasteiger partial charge is 0.462 e. The Hall–Kier alpha value is -3.55. The monoisotopic (exact) mass is 349 g/mol. The molecule has 3 heterocycles. The zero-order chi connectivity index (χ0) is 18.3. The number of ether oxygens (including phenoxy) is 1. The van der Waals surface area contributed by atoms with Crippen LogP contribution in [0.3, 0.4) is 0 Å². The number of esters is 1. The van der Waals surface area contributed by atoms with Gasteiger partial charge in [-0.25, -0.2) is 9.78 Å². The van der Waals surface area contributed by atoms with Crippen LogP contribution in [0.4, 0.5) is 0 Å². The molecule has 0 fully saturated rings. The molecule has 3 aromatic heterocycles. The van der Waals surface area contributed by atoms with Crippen LogP contribution in [0.15, 0.2) is 47.5 Å². The highest BCUT2D eigenvalue weighted by molar-refractivity contribution is 5.98. The van der Waals surface area contributed by atoms with Gasteiger partial charge < -0.3 is 4.74 Å². The second-order valence-electron chi connectivity index (χ2n) is 5.68. The molecule has 130 valence electrons. The predicted octanol–water partition coefficient (Wildman–Crippen LogP) is 1.82. The van der Waals surface area contributed by atoms with Gasteiger partial charge in [-0.2, -0.15) is 14.6 Å². The van der Waals surface area contributed by atoms with E-state index in [1.807, 2.05) is 30.3 Å². The van der Waals surface area contributed by atoms with E-state index >= 15 is 0 Å². The Kier molecular flexibility index (Phi) is 3.72. The first-order valence-corrected chi connectivity index (χ1v) is 8.08. The molecule has 0 atom stereocenters. The average Bonchev–Trinajstić information content (AvgIpc) is 3.12. The van der Waals surface area contributed by atoms with Crippen LogP contribution < -0.4 is 5.56 Å². The molecule has 0 bridgehead atoms. The van der Waals surface area contributed by atoms with Crippen molar-refractivity contribution in [1.29, 1.82) is 0 Å². The van der Waals surface area contributed by atoms with Crippen molar-refractivity contribution in [3.05, 3.63) is 58.6 Å². The number of carbonyl (C=O) groups is 1. The summed E-state index contributed by atoms with van der Waals surface area (Å²) in [4.78, 5) is 33.6. The van der Waals surface area contributed by atoms with Crippen molar-refractivity contribution >= 4 is 22.8 Å². The molecule has 8 heteroatoms. The average molecular weight is 349 g/mol. The number of aromatic nitrogens is 5. The fraction of sp³-hybridized carbons (Fsp3) is 0.167. The Morgan fingerprint density at radius 1 is 1.23 bits per heavy atom. The number of fused-ring (bicyclic) bond motifs is 3. The number of aryl methyl sites for hydroxylation is 1. The molecule has 0 aliphatic carbocycles. The zero-order valence-corrected chi connectivity index (χ0v) is 14.2. The molecular formula is C18H15N5O3. The number of rotatable bonds is 3. The van der Waals surface area contributed by atoms with Crippen LogP contribution in [-0.4, -0.2) is 36.7 Å². The van der Waals surface area contributed by atoms with Crippen molar-refractivity contribution < 1.29 is 9.53 Å². The molecule has 0 spiro atoms. The molecule has 0 saturated heterocycles.